The van der Waals surface area contributed by atoms with Crippen molar-refractivity contribution >= 4 is 5.91 Å². The van der Waals surface area contributed by atoms with Gasteiger partial charge in [-0.25, -0.2) is 9.97 Å². The van der Waals surface area contributed by atoms with Crippen LogP contribution in [-0.4, -0.2) is 20.9 Å². The maximum absolute atomic E-state index is 11.2. The van der Waals surface area contributed by atoms with Crippen molar-refractivity contribution in [2.45, 2.75) is 6.92 Å². The fraction of sp³-hybridized carbons (Fsp3) is 0.0909. The molecule has 5 heteroatoms. The quantitative estimate of drug-likeness (QED) is 0.806. The second kappa shape index (κ2) is 4.06. The molecule has 0 aliphatic heterocycles. The first kappa shape index (κ1) is 10.2. The second-order valence-corrected chi connectivity index (χ2v) is 3.26. The highest BCUT2D eigenvalue weighted by molar-refractivity contribution is 5.98. The molecule has 0 saturated carbocycles. The number of rotatable bonds is 2. The van der Waals surface area contributed by atoms with E-state index in [9.17, 15) is 4.79 Å². The van der Waals surface area contributed by atoms with E-state index in [1.807, 2.05) is 6.07 Å². The summed E-state index contributed by atoms with van der Waals surface area (Å²) in [6, 6.07) is 5.39. The fourth-order valence-electron chi connectivity index (χ4n) is 1.35. The number of carbonyl (C=O) groups is 1. The van der Waals surface area contributed by atoms with Gasteiger partial charge in [0.05, 0.1) is 11.3 Å². The normalized spacial score (nSPS) is 10.1. The lowest BCUT2D eigenvalue weighted by molar-refractivity contribution is 0.1000. The van der Waals surface area contributed by atoms with Crippen LogP contribution in [-0.2, 0) is 0 Å². The average molecular weight is 214 g/mol. The molecule has 0 aromatic carbocycles. The van der Waals surface area contributed by atoms with Crippen LogP contribution in [0.1, 0.15) is 16.2 Å². The molecule has 0 saturated heterocycles. The number of primary amides is 1. The van der Waals surface area contributed by atoms with Gasteiger partial charge in [0.1, 0.15) is 11.5 Å². The van der Waals surface area contributed by atoms with Gasteiger partial charge in [-0.1, -0.05) is 6.07 Å². The van der Waals surface area contributed by atoms with E-state index in [4.69, 9.17) is 5.73 Å². The minimum Gasteiger partial charge on any atom is -0.365 e. The molecule has 0 aliphatic carbocycles. The summed E-state index contributed by atoms with van der Waals surface area (Å²) < 4.78 is 0. The van der Waals surface area contributed by atoms with Crippen molar-refractivity contribution in [1.29, 1.82) is 0 Å². The van der Waals surface area contributed by atoms with Crippen LogP contribution in [0.5, 0.6) is 0 Å². The Morgan fingerprint density at radius 3 is 2.75 bits per heavy atom. The summed E-state index contributed by atoms with van der Waals surface area (Å²) >= 11 is 0. The van der Waals surface area contributed by atoms with E-state index >= 15 is 0 Å². The van der Waals surface area contributed by atoms with Crippen LogP contribution in [0.25, 0.3) is 11.4 Å². The highest BCUT2D eigenvalue weighted by Crippen LogP contribution is 2.17. The number of hydrogen-bond acceptors (Lipinski definition) is 4. The maximum atomic E-state index is 11.2. The molecule has 16 heavy (non-hydrogen) atoms. The van der Waals surface area contributed by atoms with Gasteiger partial charge >= 0.3 is 0 Å². The molecule has 0 fully saturated rings. The Labute approximate surface area is 92.4 Å². The lowest BCUT2D eigenvalue weighted by Crippen LogP contribution is -2.14. The molecule has 2 N–H and O–H groups in total. The van der Waals surface area contributed by atoms with Crippen molar-refractivity contribution in [3.8, 4) is 11.4 Å². The minimum absolute atomic E-state index is 0.282. The topological polar surface area (TPSA) is 81.8 Å². The van der Waals surface area contributed by atoms with E-state index in [1.54, 1.807) is 25.3 Å². The Morgan fingerprint density at radius 1 is 1.31 bits per heavy atom. The summed E-state index contributed by atoms with van der Waals surface area (Å²) in [4.78, 5) is 23.5. The van der Waals surface area contributed by atoms with Crippen LogP contribution in [0.3, 0.4) is 0 Å². The molecule has 2 aromatic rings. The van der Waals surface area contributed by atoms with E-state index in [1.165, 1.54) is 6.20 Å². The molecule has 0 radical (unpaired) electrons. The highest BCUT2D eigenvalue weighted by atomic mass is 16.1. The number of aromatic nitrogens is 3. The summed E-state index contributed by atoms with van der Waals surface area (Å²) in [5, 5.41) is 0. The number of nitrogens with two attached hydrogens (primary N) is 1. The number of carbonyl (C=O) groups excluding carboxylic acids is 1. The minimum atomic E-state index is -0.555. The van der Waals surface area contributed by atoms with Gasteiger partial charge in [-0.05, 0) is 19.1 Å². The number of nitrogens with zero attached hydrogens (tertiary/aromatic N) is 3. The van der Waals surface area contributed by atoms with Crippen molar-refractivity contribution in [2.75, 3.05) is 0 Å². The maximum Gasteiger partial charge on any atom is 0.252 e. The zero-order valence-corrected chi connectivity index (χ0v) is 8.71. The Hall–Kier alpha value is -2.30. The van der Waals surface area contributed by atoms with Gasteiger partial charge in [0, 0.05) is 12.4 Å². The van der Waals surface area contributed by atoms with E-state index in [0.29, 0.717) is 17.2 Å². The monoisotopic (exact) mass is 214 g/mol. The van der Waals surface area contributed by atoms with Crippen molar-refractivity contribution in [2.24, 2.45) is 5.73 Å². The van der Waals surface area contributed by atoms with Crippen LogP contribution in [0, 0.1) is 6.92 Å². The molecular weight excluding hydrogens is 204 g/mol. The zero-order chi connectivity index (χ0) is 11.5. The van der Waals surface area contributed by atoms with Crippen LogP contribution in [0.15, 0.2) is 30.6 Å². The largest absolute Gasteiger partial charge is 0.365 e. The summed E-state index contributed by atoms with van der Waals surface area (Å²) in [5.74, 6) is 0.0197. The van der Waals surface area contributed by atoms with Crippen molar-refractivity contribution in [3.63, 3.8) is 0 Å². The molecule has 2 heterocycles. The van der Waals surface area contributed by atoms with Gasteiger partial charge in [-0.15, -0.1) is 0 Å². The first-order valence-electron chi connectivity index (χ1n) is 4.73. The van der Waals surface area contributed by atoms with Crippen molar-refractivity contribution in [1.82, 2.24) is 15.0 Å². The van der Waals surface area contributed by atoms with E-state index < -0.39 is 5.91 Å². The summed E-state index contributed by atoms with van der Waals surface area (Å²) in [6.45, 7) is 1.75. The Balaban J connectivity index is 2.63. The molecule has 1 amide bonds. The number of aryl methyl sites for hydroxylation is 1. The third kappa shape index (κ3) is 1.88. The molecular formula is C11H10N4O. The zero-order valence-electron chi connectivity index (χ0n) is 8.71. The molecule has 5 nitrogen and oxygen atoms in total. The van der Waals surface area contributed by atoms with Gasteiger partial charge in [-0.3, -0.25) is 9.78 Å². The molecule has 0 bridgehead atoms. The third-order valence-electron chi connectivity index (χ3n) is 2.08. The smallest absolute Gasteiger partial charge is 0.252 e. The Morgan fingerprint density at radius 2 is 2.12 bits per heavy atom. The van der Waals surface area contributed by atoms with Gasteiger partial charge in [-0.2, -0.15) is 0 Å². The van der Waals surface area contributed by atoms with Crippen molar-refractivity contribution in [3.05, 3.63) is 42.0 Å². The molecule has 2 aromatic heterocycles. The van der Waals surface area contributed by atoms with E-state index in [0.717, 1.165) is 0 Å². The average Bonchev–Trinajstić information content (AvgIpc) is 2.29. The first-order chi connectivity index (χ1) is 7.68. The second-order valence-electron chi connectivity index (χ2n) is 3.26. The van der Waals surface area contributed by atoms with Gasteiger partial charge < -0.3 is 5.73 Å². The van der Waals surface area contributed by atoms with Gasteiger partial charge in [0.2, 0.25) is 0 Å². The molecule has 0 unspecified atom stereocenters. The van der Waals surface area contributed by atoms with Crippen LogP contribution < -0.4 is 5.73 Å². The Kier molecular flexibility index (Phi) is 2.59. The van der Waals surface area contributed by atoms with E-state index in [2.05, 4.69) is 15.0 Å². The molecule has 2 rings (SSSR count). The number of amides is 1. The van der Waals surface area contributed by atoms with E-state index in [-0.39, 0.29) is 5.56 Å². The highest BCUT2D eigenvalue weighted by Gasteiger charge is 2.13. The lowest BCUT2D eigenvalue weighted by Gasteiger charge is -2.05. The van der Waals surface area contributed by atoms with Crippen LogP contribution in [0.2, 0.25) is 0 Å². The Bertz CT molecular complexity index is 525. The van der Waals surface area contributed by atoms with Crippen molar-refractivity contribution < 1.29 is 4.79 Å². The third-order valence-corrected chi connectivity index (χ3v) is 2.08. The molecule has 80 valence electrons. The predicted octanol–water partition coefficient (Wildman–Crippen LogP) is 0.946. The summed E-state index contributed by atoms with van der Waals surface area (Å²) in [7, 11) is 0. The van der Waals surface area contributed by atoms with Crippen LogP contribution in [0.4, 0.5) is 0 Å². The first-order valence-corrected chi connectivity index (χ1v) is 4.73. The van der Waals surface area contributed by atoms with Gasteiger partial charge in [0.15, 0.2) is 0 Å². The lowest BCUT2D eigenvalue weighted by atomic mass is 10.1. The van der Waals surface area contributed by atoms with Crippen LogP contribution >= 0.6 is 0 Å². The standard InChI is InChI=1S/C11H10N4O/c1-7-14-6-8(11(12)16)10(15-7)9-4-2-3-5-13-9/h2-6H,1H3,(H2,12,16). The molecule has 0 atom stereocenters. The molecule has 0 spiro atoms. The summed E-state index contributed by atoms with van der Waals surface area (Å²) in [6.07, 6.45) is 3.06. The molecule has 0 aliphatic rings. The number of hydrogen-bond donors (Lipinski definition) is 1. The summed E-state index contributed by atoms with van der Waals surface area (Å²) in [5.41, 5.74) is 6.62. The number of pyridine rings is 1. The SMILES string of the molecule is Cc1ncc(C(N)=O)c(-c2ccccn2)n1. The fourth-order valence-corrected chi connectivity index (χ4v) is 1.35. The predicted molar refractivity (Wildman–Crippen MR) is 58.5 cm³/mol. The van der Waals surface area contributed by atoms with Gasteiger partial charge in [0.25, 0.3) is 5.91 Å².